The first-order chi connectivity index (χ1) is 15.8. The summed E-state index contributed by atoms with van der Waals surface area (Å²) in [5.74, 6) is -0.341. The maximum Gasteiger partial charge on any atom is 0.419 e. The van der Waals surface area contributed by atoms with E-state index in [2.05, 4.69) is 6.92 Å². The summed E-state index contributed by atoms with van der Waals surface area (Å²) < 4.78 is 40.0. The number of fused-ring (bicyclic) bond motifs is 1. The number of benzene rings is 1. The first-order valence-electron chi connectivity index (χ1n) is 11.5. The maximum absolute atomic E-state index is 13.6. The van der Waals surface area contributed by atoms with Crippen LogP contribution in [0.25, 0.3) is 11.1 Å². The van der Waals surface area contributed by atoms with Gasteiger partial charge in [0, 0.05) is 19.0 Å². The molecule has 1 aromatic carbocycles. The summed E-state index contributed by atoms with van der Waals surface area (Å²) >= 11 is 0. The fourth-order valence-electron chi connectivity index (χ4n) is 4.62. The fraction of sp³-hybridized carbons (Fsp3) is 0.500. The Balaban J connectivity index is 1.62. The summed E-state index contributed by atoms with van der Waals surface area (Å²) in [6.45, 7) is 1.99. The Morgan fingerprint density at radius 1 is 1.18 bits per heavy atom. The molecule has 0 unspecified atom stereocenters. The maximum atomic E-state index is 13.6. The summed E-state index contributed by atoms with van der Waals surface area (Å²) in [4.78, 5) is 25.2. The van der Waals surface area contributed by atoms with Gasteiger partial charge in [-0.3, -0.25) is 9.36 Å². The van der Waals surface area contributed by atoms with Crippen molar-refractivity contribution in [2.45, 2.75) is 63.3 Å². The van der Waals surface area contributed by atoms with Gasteiger partial charge in [0.1, 0.15) is 5.76 Å². The molecule has 1 saturated carbocycles. The Morgan fingerprint density at radius 2 is 1.94 bits per heavy atom. The molecule has 0 atom stereocenters. The summed E-state index contributed by atoms with van der Waals surface area (Å²) in [6, 6.07) is 7.53. The Bertz CT molecular complexity index is 1260. The average Bonchev–Trinajstić information content (AvgIpc) is 3.43. The van der Waals surface area contributed by atoms with Crippen LogP contribution in [0.4, 0.5) is 0 Å². The highest BCUT2D eigenvalue weighted by atomic mass is 32.2. The van der Waals surface area contributed by atoms with E-state index in [-0.39, 0.29) is 22.9 Å². The van der Waals surface area contributed by atoms with Gasteiger partial charge >= 0.3 is 5.76 Å². The molecular weight excluding hydrogens is 444 g/mol. The van der Waals surface area contributed by atoms with Gasteiger partial charge in [-0.1, -0.05) is 26.2 Å². The predicted molar refractivity (Wildman–Crippen MR) is 123 cm³/mol. The Kier molecular flexibility index (Phi) is 6.78. The number of carbonyl (C=O) groups excluding carboxylic acids is 1. The van der Waals surface area contributed by atoms with Crippen LogP contribution in [-0.2, 0) is 28.4 Å². The molecule has 1 amide bonds. The third-order valence-electron chi connectivity index (χ3n) is 6.64. The van der Waals surface area contributed by atoms with E-state index in [4.69, 9.17) is 8.83 Å². The molecule has 0 saturated heterocycles. The number of oxazole rings is 1. The summed E-state index contributed by atoms with van der Waals surface area (Å²) in [5, 5.41) is 0. The molecule has 2 aromatic heterocycles. The minimum Gasteiger partial charge on any atom is -0.467 e. The van der Waals surface area contributed by atoms with E-state index in [1.807, 2.05) is 0 Å². The molecule has 0 aliphatic heterocycles. The highest BCUT2D eigenvalue weighted by molar-refractivity contribution is 7.89. The Hall–Kier alpha value is -2.81. The fourth-order valence-corrected chi connectivity index (χ4v) is 6.06. The standard InChI is InChI=1S/C24H30N2O6S/c1-3-4-6-17-8-10-18(11-9-17)23(27)26(16-19-7-5-14-31-19)33(29,30)20-12-13-21-22(15-20)32-24(28)25(21)2/h5,7,12-15,17-18H,3-4,6,8-11,16H2,1-2H3. The SMILES string of the molecule is CCCCC1CCC(C(=O)N(Cc2ccco2)S(=O)(=O)c2ccc3c(c2)oc(=O)n3C)CC1. The second-order valence-corrected chi connectivity index (χ2v) is 10.7. The normalized spacial score (nSPS) is 19.1. The molecule has 4 rings (SSSR count). The van der Waals surface area contributed by atoms with E-state index in [9.17, 15) is 18.0 Å². The van der Waals surface area contributed by atoms with Gasteiger partial charge in [-0.15, -0.1) is 0 Å². The lowest BCUT2D eigenvalue weighted by atomic mass is 9.79. The Labute approximate surface area is 193 Å². The number of aromatic nitrogens is 1. The number of carbonyl (C=O) groups is 1. The van der Waals surface area contributed by atoms with Crippen LogP contribution in [0.3, 0.4) is 0 Å². The van der Waals surface area contributed by atoms with Crippen LogP contribution in [-0.4, -0.2) is 23.2 Å². The quantitative estimate of drug-likeness (QED) is 0.478. The molecule has 0 radical (unpaired) electrons. The van der Waals surface area contributed by atoms with Crippen LogP contribution in [0.1, 0.15) is 57.6 Å². The van der Waals surface area contributed by atoms with Crippen LogP contribution in [0.5, 0.6) is 0 Å². The van der Waals surface area contributed by atoms with E-state index in [0.29, 0.717) is 30.0 Å². The van der Waals surface area contributed by atoms with Gasteiger partial charge in [0.05, 0.1) is 23.2 Å². The van der Waals surface area contributed by atoms with E-state index in [1.54, 1.807) is 19.2 Å². The Morgan fingerprint density at radius 3 is 2.61 bits per heavy atom. The van der Waals surface area contributed by atoms with E-state index < -0.39 is 21.7 Å². The van der Waals surface area contributed by atoms with Gasteiger partial charge in [-0.2, -0.15) is 0 Å². The summed E-state index contributed by atoms with van der Waals surface area (Å²) in [7, 11) is -2.65. The number of furan rings is 1. The van der Waals surface area contributed by atoms with Crippen LogP contribution in [0.2, 0.25) is 0 Å². The lowest BCUT2D eigenvalue weighted by molar-refractivity contribution is -0.132. The highest BCUT2D eigenvalue weighted by Gasteiger charge is 2.36. The first kappa shape index (κ1) is 23.4. The number of amides is 1. The third kappa shape index (κ3) is 4.78. The van der Waals surface area contributed by atoms with Gasteiger partial charge in [-0.25, -0.2) is 17.5 Å². The van der Waals surface area contributed by atoms with Gasteiger partial charge in [0.2, 0.25) is 5.91 Å². The second-order valence-electron chi connectivity index (χ2n) is 8.85. The zero-order chi connectivity index (χ0) is 23.6. The molecule has 1 fully saturated rings. The second kappa shape index (κ2) is 9.59. The average molecular weight is 475 g/mol. The summed E-state index contributed by atoms with van der Waals surface area (Å²) in [5.41, 5.74) is 0.638. The molecule has 3 aromatic rings. The van der Waals surface area contributed by atoms with E-state index in [0.717, 1.165) is 30.0 Å². The lowest BCUT2D eigenvalue weighted by Gasteiger charge is -2.31. The van der Waals surface area contributed by atoms with Gasteiger partial charge in [0.25, 0.3) is 10.0 Å². The smallest absolute Gasteiger partial charge is 0.419 e. The molecule has 1 aliphatic carbocycles. The van der Waals surface area contributed by atoms with Crippen molar-refractivity contribution in [3.05, 3.63) is 52.9 Å². The van der Waals surface area contributed by atoms with Crippen molar-refractivity contribution in [2.75, 3.05) is 0 Å². The highest BCUT2D eigenvalue weighted by Crippen LogP contribution is 2.34. The number of hydrogen-bond acceptors (Lipinski definition) is 6. The molecule has 2 heterocycles. The molecule has 0 spiro atoms. The van der Waals surface area contributed by atoms with Gasteiger partial charge in [0.15, 0.2) is 5.58 Å². The molecule has 8 nitrogen and oxygen atoms in total. The van der Waals surface area contributed by atoms with Crippen LogP contribution < -0.4 is 5.76 Å². The van der Waals surface area contributed by atoms with Crippen LogP contribution >= 0.6 is 0 Å². The molecule has 178 valence electrons. The topological polar surface area (TPSA) is 103 Å². The van der Waals surface area contributed by atoms with Crippen molar-refractivity contribution in [3.63, 3.8) is 0 Å². The predicted octanol–water partition coefficient (Wildman–Crippen LogP) is 4.44. The molecule has 0 bridgehead atoms. The number of rotatable bonds is 8. The van der Waals surface area contributed by atoms with Crippen LogP contribution in [0.15, 0.2) is 55.1 Å². The van der Waals surface area contributed by atoms with Gasteiger partial charge < -0.3 is 8.83 Å². The van der Waals surface area contributed by atoms with E-state index >= 15 is 0 Å². The van der Waals surface area contributed by atoms with E-state index in [1.165, 1.54) is 35.5 Å². The minimum absolute atomic E-state index is 0.0964. The van der Waals surface area contributed by atoms with Crippen LogP contribution in [0, 0.1) is 11.8 Å². The molecule has 1 aliphatic rings. The molecule has 0 N–H and O–H groups in total. The monoisotopic (exact) mass is 474 g/mol. The molecular formula is C24H30N2O6S. The number of hydrogen-bond donors (Lipinski definition) is 0. The van der Waals surface area contributed by atoms with Crippen molar-refractivity contribution in [1.82, 2.24) is 8.87 Å². The number of nitrogens with zero attached hydrogens (tertiary/aromatic N) is 2. The zero-order valence-corrected chi connectivity index (χ0v) is 19.8. The lowest BCUT2D eigenvalue weighted by Crippen LogP contribution is -2.41. The van der Waals surface area contributed by atoms with Crippen molar-refractivity contribution >= 4 is 27.0 Å². The zero-order valence-electron chi connectivity index (χ0n) is 19.0. The van der Waals surface area contributed by atoms with Gasteiger partial charge in [-0.05, 0) is 55.9 Å². The molecule has 9 heteroatoms. The summed E-state index contributed by atoms with van der Waals surface area (Å²) in [6.07, 6.45) is 8.19. The number of unbranched alkanes of at least 4 members (excludes halogenated alkanes) is 1. The third-order valence-corrected chi connectivity index (χ3v) is 8.38. The number of sulfonamides is 1. The first-order valence-corrected chi connectivity index (χ1v) is 12.9. The number of aryl methyl sites for hydroxylation is 1. The van der Waals surface area contributed by atoms with Crippen molar-refractivity contribution in [2.24, 2.45) is 18.9 Å². The van der Waals surface area contributed by atoms with Crippen molar-refractivity contribution in [3.8, 4) is 0 Å². The largest absolute Gasteiger partial charge is 0.467 e. The van der Waals surface area contributed by atoms with Crippen molar-refractivity contribution in [1.29, 1.82) is 0 Å². The molecule has 33 heavy (non-hydrogen) atoms. The van der Waals surface area contributed by atoms with Crippen molar-refractivity contribution < 1.29 is 22.0 Å². The minimum atomic E-state index is -4.20.